The average molecular weight is 280 g/mol. The Balaban J connectivity index is 1.88. The van der Waals surface area contributed by atoms with Gasteiger partial charge in [0.2, 0.25) is 5.91 Å². The number of aromatic nitrogens is 2. The van der Waals surface area contributed by atoms with Crippen LogP contribution >= 0.6 is 23.1 Å². The Hall–Kier alpha value is -1.60. The summed E-state index contributed by atoms with van der Waals surface area (Å²) in [5.41, 5.74) is 6.93. The van der Waals surface area contributed by atoms with Gasteiger partial charge in [-0.25, -0.2) is 0 Å². The van der Waals surface area contributed by atoms with Crippen molar-refractivity contribution in [3.8, 4) is 0 Å². The van der Waals surface area contributed by atoms with Crippen molar-refractivity contribution >= 4 is 40.4 Å². The number of anilines is 2. The number of amides is 1. The maximum absolute atomic E-state index is 11.7. The van der Waals surface area contributed by atoms with E-state index in [0.717, 1.165) is 9.35 Å². The third-order valence-corrected chi connectivity index (χ3v) is 4.04. The minimum atomic E-state index is -0.106. The molecule has 0 saturated carbocycles. The number of para-hydroxylation sites is 2. The van der Waals surface area contributed by atoms with Crippen molar-refractivity contribution in [1.29, 1.82) is 0 Å². The highest BCUT2D eigenvalue weighted by Gasteiger charge is 2.07. The van der Waals surface area contributed by atoms with Crippen LogP contribution in [0.15, 0.2) is 28.6 Å². The summed E-state index contributed by atoms with van der Waals surface area (Å²) in [5.74, 6) is 0.189. The van der Waals surface area contributed by atoms with Crippen molar-refractivity contribution in [2.45, 2.75) is 11.3 Å². The molecule has 5 nitrogen and oxygen atoms in total. The number of hydrogen-bond acceptors (Lipinski definition) is 6. The standard InChI is InChI=1S/C11H12N4OS2/c1-7-14-15-11(18-7)17-6-10(16)13-9-5-3-2-4-8(9)12/h2-5H,6,12H2,1H3,(H,13,16). The Morgan fingerprint density at radius 2 is 2.22 bits per heavy atom. The number of aryl methyl sites for hydroxylation is 1. The summed E-state index contributed by atoms with van der Waals surface area (Å²) in [7, 11) is 0. The molecule has 3 N–H and O–H groups in total. The highest BCUT2D eigenvalue weighted by atomic mass is 32.2. The van der Waals surface area contributed by atoms with Gasteiger partial charge < -0.3 is 11.1 Å². The summed E-state index contributed by atoms with van der Waals surface area (Å²) >= 11 is 2.84. The number of rotatable bonds is 4. The fraction of sp³-hybridized carbons (Fsp3) is 0.182. The van der Waals surface area contributed by atoms with Crippen molar-refractivity contribution in [3.63, 3.8) is 0 Å². The van der Waals surface area contributed by atoms with Crippen molar-refractivity contribution in [1.82, 2.24) is 10.2 Å². The van der Waals surface area contributed by atoms with Crippen molar-refractivity contribution < 1.29 is 4.79 Å². The molecular formula is C11H12N4OS2. The zero-order chi connectivity index (χ0) is 13.0. The van der Waals surface area contributed by atoms with E-state index >= 15 is 0 Å². The van der Waals surface area contributed by atoms with Crippen molar-refractivity contribution in [2.24, 2.45) is 0 Å². The van der Waals surface area contributed by atoms with Crippen LogP contribution < -0.4 is 11.1 Å². The predicted molar refractivity (Wildman–Crippen MR) is 74.9 cm³/mol. The Bertz CT molecular complexity index is 555. The molecule has 18 heavy (non-hydrogen) atoms. The minimum Gasteiger partial charge on any atom is -0.397 e. The van der Waals surface area contributed by atoms with E-state index in [4.69, 9.17) is 5.73 Å². The van der Waals surface area contributed by atoms with Crippen LogP contribution in [0.3, 0.4) is 0 Å². The lowest BCUT2D eigenvalue weighted by Crippen LogP contribution is -2.15. The van der Waals surface area contributed by atoms with Gasteiger partial charge in [-0.15, -0.1) is 10.2 Å². The number of benzene rings is 1. The lowest BCUT2D eigenvalue weighted by atomic mass is 10.3. The first-order valence-electron chi connectivity index (χ1n) is 5.22. The Kier molecular flexibility index (Phi) is 4.16. The smallest absolute Gasteiger partial charge is 0.234 e. The molecule has 1 amide bonds. The number of nitrogens with zero attached hydrogens (tertiary/aromatic N) is 2. The summed E-state index contributed by atoms with van der Waals surface area (Å²) < 4.78 is 0.795. The van der Waals surface area contributed by atoms with Gasteiger partial charge in [-0.2, -0.15) is 0 Å². The fourth-order valence-corrected chi connectivity index (χ4v) is 2.88. The summed E-state index contributed by atoms with van der Waals surface area (Å²) in [4.78, 5) is 11.7. The Morgan fingerprint density at radius 1 is 1.44 bits per heavy atom. The molecule has 0 aliphatic rings. The van der Waals surface area contributed by atoms with E-state index in [2.05, 4.69) is 15.5 Å². The van der Waals surface area contributed by atoms with Crippen LogP contribution in [-0.4, -0.2) is 21.9 Å². The van der Waals surface area contributed by atoms with E-state index in [-0.39, 0.29) is 5.91 Å². The number of nitrogens with two attached hydrogens (primary N) is 1. The zero-order valence-corrected chi connectivity index (χ0v) is 11.3. The zero-order valence-electron chi connectivity index (χ0n) is 9.71. The lowest BCUT2D eigenvalue weighted by molar-refractivity contribution is -0.113. The second-order valence-corrected chi connectivity index (χ2v) is 5.92. The second kappa shape index (κ2) is 5.83. The van der Waals surface area contributed by atoms with Crippen LogP contribution in [-0.2, 0) is 4.79 Å². The molecule has 0 aliphatic carbocycles. The van der Waals surface area contributed by atoms with Gasteiger partial charge in [0, 0.05) is 0 Å². The summed E-state index contributed by atoms with van der Waals surface area (Å²) in [6.45, 7) is 1.88. The first kappa shape index (κ1) is 12.8. The van der Waals surface area contributed by atoms with Gasteiger partial charge >= 0.3 is 0 Å². The van der Waals surface area contributed by atoms with Gasteiger partial charge in [0.1, 0.15) is 5.01 Å². The number of thioether (sulfide) groups is 1. The van der Waals surface area contributed by atoms with Crippen LogP contribution in [0.25, 0.3) is 0 Å². The molecule has 7 heteroatoms. The number of carbonyl (C=O) groups excluding carboxylic acids is 1. The normalized spacial score (nSPS) is 10.3. The van der Waals surface area contributed by atoms with Crippen LogP contribution in [0.2, 0.25) is 0 Å². The van der Waals surface area contributed by atoms with Gasteiger partial charge in [-0.3, -0.25) is 4.79 Å². The molecular weight excluding hydrogens is 268 g/mol. The largest absolute Gasteiger partial charge is 0.397 e. The van der Waals surface area contributed by atoms with E-state index in [1.165, 1.54) is 23.1 Å². The molecule has 0 bridgehead atoms. The van der Waals surface area contributed by atoms with Crippen LogP contribution in [0.1, 0.15) is 5.01 Å². The van der Waals surface area contributed by atoms with Crippen molar-refractivity contribution in [2.75, 3.05) is 16.8 Å². The van der Waals surface area contributed by atoms with E-state index in [9.17, 15) is 4.79 Å². The Labute approximate surface area is 113 Å². The minimum absolute atomic E-state index is 0.106. The predicted octanol–water partition coefficient (Wildman–Crippen LogP) is 2.16. The number of hydrogen-bond donors (Lipinski definition) is 2. The van der Waals surface area contributed by atoms with Gasteiger partial charge in [0.25, 0.3) is 0 Å². The van der Waals surface area contributed by atoms with Gasteiger partial charge in [0.15, 0.2) is 4.34 Å². The first-order chi connectivity index (χ1) is 8.65. The monoisotopic (exact) mass is 280 g/mol. The van der Waals surface area contributed by atoms with E-state index < -0.39 is 0 Å². The highest BCUT2D eigenvalue weighted by Crippen LogP contribution is 2.22. The molecule has 0 spiro atoms. The number of nitrogen functional groups attached to an aromatic ring is 1. The molecule has 1 heterocycles. The molecule has 94 valence electrons. The van der Waals surface area contributed by atoms with Crippen LogP contribution in [0.4, 0.5) is 11.4 Å². The highest BCUT2D eigenvalue weighted by molar-refractivity contribution is 8.01. The third-order valence-electron chi connectivity index (χ3n) is 2.07. The quantitative estimate of drug-likeness (QED) is 0.662. The maximum Gasteiger partial charge on any atom is 0.234 e. The van der Waals surface area contributed by atoms with Gasteiger partial charge in [-0.1, -0.05) is 35.2 Å². The van der Waals surface area contributed by atoms with E-state index in [1.807, 2.05) is 19.1 Å². The third kappa shape index (κ3) is 3.44. The Morgan fingerprint density at radius 3 is 2.89 bits per heavy atom. The maximum atomic E-state index is 11.7. The fourth-order valence-electron chi connectivity index (χ4n) is 1.26. The summed E-state index contributed by atoms with van der Waals surface area (Å²) in [6.07, 6.45) is 0. The molecule has 0 unspecified atom stereocenters. The first-order valence-corrected chi connectivity index (χ1v) is 7.02. The van der Waals surface area contributed by atoms with E-state index in [1.54, 1.807) is 12.1 Å². The molecule has 0 radical (unpaired) electrons. The number of nitrogens with one attached hydrogen (secondary N) is 1. The van der Waals surface area contributed by atoms with E-state index in [0.29, 0.717) is 17.1 Å². The van der Waals surface area contributed by atoms with Gasteiger partial charge in [-0.05, 0) is 19.1 Å². The molecule has 0 atom stereocenters. The van der Waals surface area contributed by atoms with Gasteiger partial charge in [0.05, 0.1) is 17.1 Å². The molecule has 0 fully saturated rings. The topological polar surface area (TPSA) is 80.9 Å². The molecule has 1 aromatic carbocycles. The summed E-state index contributed by atoms with van der Waals surface area (Å²) in [6, 6.07) is 7.17. The van der Waals surface area contributed by atoms with Crippen LogP contribution in [0.5, 0.6) is 0 Å². The summed E-state index contributed by atoms with van der Waals surface area (Å²) in [5, 5.41) is 11.5. The second-order valence-electron chi connectivity index (χ2n) is 3.51. The van der Waals surface area contributed by atoms with Crippen molar-refractivity contribution in [3.05, 3.63) is 29.3 Å². The van der Waals surface area contributed by atoms with Crippen LogP contribution in [0, 0.1) is 6.92 Å². The average Bonchev–Trinajstić information content (AvgIpc) is 2.76. The molecule has 0 aliphatic heterocycles. The molecule has 2 aromatic rings. The molecule has 2 rings (SSSR count). The molecule has 0 saturated heterocycles. The SMILES string of the molecule is Cc1nnc(SCC(=O)Nc2ccccc2N)s1. The number of carbonyl (C=O) groups is 1. The molecule has 1 aromatic heterocycles. The lowest BCUT2D eigenvalue weighted by Gasteiger charge is -2.06.